The molecule has 0 saturated carbocycles. The van der Waals surface area contributed by atoms with Crippen molar-refractivity contribution in [2.45, 2.75) is 93.5 Å². The Morgan fingerprint density at radius 3 is 1.29 bits per heavy atom. The van der Waals surface area contributed by atoms with Gasteiger partial charge in [0.05, 0.1) is 72.7 Å². The molecular formula is C32H67NO8. The van der Waals surface area contributed by atoms with Gasteiger partial charge in [0.1, 0.15) is 11.6 Å². The van der Waals surface area contributed by atoms with Gasteiger partial charge >= 0.3 is 0 Å². The Morgan fingerprint density at radius 2 is 0.927 bits per heavy atom. The van der Waals surface area contributed by atoms with Crippen molar-refractivity contribution in [3.05, 3.63) is 0 Å². The zero-order valence-electron chi connectivity index (χ0n) is 27.8. The van der Waals surface area contributed by atoms with E-state index in [0.29, 0.717) is 91.6 Å². The maximum Gasteiger partial charge on any atom is 0.137 e. The van der Waals surface area contributed by atoms with E-state index in [4.69, 9.17) is 28.4 Å². The molecule has 1 N–H and O–H groups in total. The highest BCUT2D eigenvalue weighted by Gasteiger charge is 2.07. The van der Waals surface area contributed by atoms with Gasteiger partial charge in [-0.3, -0.25) is 9.59 Å². The van der Waals surface area contributed by atoms with Crippen molar-refractivity contribution in [3.63, 3.8) is 0 Å². The summed E-state index contributed by atoms with van der Waals surface area (Å²) in [6.45, 7) is 24.3. The van der Waals surface area contributed by atoms with Crippen LogP contribution in [0.25, 0.3) is 0 Å². The van der Waals surface area contributed by atoms with Crippen molar-refractivity contribution in [3.8, 4) is 0 Å². The lowest BCUT2D eigenvalue weighted by Crippen LogP contribution is -2.27. The minimum absolute atomic E-state index is 0. The number of hydrogen-bond donors (Lipinski definition) is 1. The van der Waals surface area contributed by atoms with Crippen LogP contribution in [0, 0.1) is 17.8 Å². The molecule has 0 heterocycles. The number of ketones is 2. The SMILES string of the molecule is CC(C)NCCOCCOCCC(=O)C(C)C.CCC(C)CCCOCCOCCOCCOCCC(=O)C(C)C.[HH]. The third-order valence-electron chi connectivity index (χ3n) is 6.24. The summed E-state index contributed by atoms with van der Waals surface area (Å²) in [7, 11) is 0. The first-order valence-electron chi connectivity index (χ1n) is 15.9. The largest absolute Gasteiger partial charge is 0.379 e. The van der Waals surface area contributed by atoms with Crippen LogP contribution in [0.15, 0.2) is 0 Å². The summed E-state index contributed by atoms with van der Waals surface area (Å²) >= 11 is 0. The third kappa shape index (κ3) is 35.2. The van der Waals surface area contributed by atoms with Gasteiger partial charge in [-0.1, -0.05) is 61.8 Å². The molecule has 248 valence electrons. The van der Waals surface area contributed by atoms with Crippen molar-refractivity contribution in [1.29, 1.82) is 0 Å². The van der Waals surface area contributed by atoms with Crippen LogP contribution in [0.3, 0.4) is 0 Å². The van der Waals surface area contributed by atoms with Gasteiger partial charge in [0.15, 0.2) is 0 Å². The predicted octanol–water partition coefficient (Wildman–Crippen LogP) is 5.37. The highest BCUT2D eigenvalue weighted by molar-refractivity contribution is 5.80. The fourth-order valence-corrected chi connectivity index (χ4v) is 3.16. The molecular weight excluding hydrogens is 526 g/mol. The van der Waals surface area contributed by atoms with Crippen LogP contribution in [0.4, 0.5) is 0 Å². The topological polar surface area (TPSA) is 102 Å². The normalized spacial score (nSPS) is 12.2. The molecule has 0 aromatic rings. The number of Topliss-reactive ketones (excluding diaryl/α,β-unsaturated/α-hetero) is 2. The standard InChI is InChI=1S/C19H38O5.C13H27NO3.H2/c1-5-18(4)7-6-9-21-11-13-23-15-16-24-14-12-22-10-8-19(20)17(2)3;1-11(2)13(15)5-7-16-9-10-17-8-6-14-12(3)4;/h17-18H,5-16H2,1-4H3;11-12,14H,5-10H2,1-4H3;1H. The van der Waals surface area contributed by atoms with Crippen molar-refractivity contribution < 1.29 is 39.4 Å². The molecule has 1 unspecified atom stereocenters. The van der Waals surface area contributed by atoms with Gasteiger partial charge in [0.2, 0.25) is 0 Å². The Hall–Kier alpha value is -0.940. The minimum atomic E-state index is 0. The Balaban J connectivity index is -0.000000748. The summed E-state index contributed by atoms with van der Waals surface area (Å²) in [5.74, 6) is 1.49. The molecule has 0 spiro atoms. The molecule has 0 bridgehead atoms. The highest BCUT2D eigenvalue weighted by Crippen LogP contribution is 2.08. The zero-order valence-corrected chi connectivity index (χ0v) is 27.8. The lowest BCUT2D eigenvalue weighted by molar-refractivity contribution is -0.123. The van der Waals surface area contributed by atoms with Gasteiger partial charge in [-0.2, -0.15) is 0 Å². The third-order valence-corrected chi connectivity index (χ3v) is 6.24. The smallest absolute Gasteiger partial charge is 0.137 e. The first-order valence-corrected chi connectivity index (χ1v) is 15.9. The lowest BCUT2D eigenvalue weighted by Gasteiger charge is -2.09. The van der Waals surface area contributed by atoms with Gasteiger partial charge < -0.3 is 33.7 Å². The molecule has 9 nitrogen and oxygen atoms in total. The van der Waals surface area contributed by atoms with Gasteiger partial charge in [-0.05, 0) is 18.8 Å². The molecule has 41 heavy (non-hydrogen) atoms. The summed E-state index contributed by atoms with van der Waals surface area (Å²) < 4.78 is 32.4. The van der Waals surface area contributed by atoms with E-state index < -0.39 is 0 Å². The van der Waals surface area contributed by atoms with Crippen molar-refractivity contribution in [1.82, 2.24) is 5.32 Å². The van der Waals surface area contributed by atoms with E-state index in [2.05, 4.69) is 33.0 Å². The van der Waals surface area contributed by atoms with Crippen LogP contribution < -0.4 is 5.32 Å². The fourth-order valence-electron chi connectivity index (χ4n) is 3.16. The summed E-state index contributed by atoms with van der Waals surface area (Å²) in [5, 5.41) is 3.26. The molecule has 9 heteroatoms. The van der Waals surface area contributed by atoms with Crippen LogP contribution in [0.1, 0.15) is 88.9 Å². The van der Waals surface area contributed by atoms with Gasteiger partial charge in [-0.15, -0.1) is 0 Å². The average Bonchev–Trinajstić information content (AvgIpc) is 2.93. The Labute approximate surface area is 253 Å². The molecule has 1 atom stereocenters. The van der Waals surface area contributed by atoms with Gasteiger partial charge in [-0.25, -0.2) is 0 Å². The van der Waals surface area contributed by atoms with E-state index in [1.54, 1.807) is 0 Å². The van der Waals surface area contributed by atoms with Crippen LogP contribution in [0.5, 0.6) is 0 Å². The molecule has 0 fully saturated rings. The van der Waals surface area contributed by atoms with E-state index in [9.17, 15) is 9.59 Å². The molecule has 0 saturated heterocycles. The summed E-state index contributed by atoms with van der Waals surface area (Å²) in [6.07, 6.45) is 4.59. The number of ether oxygens (including phenoxy) is 6. The van der Waals surface area contributed by atoms with Crippen molar-refractivity contribution >= 4 is 11.6 Å². The summed E-state index contributed by atoms with van der Waals surface area (Å²) in [6, 6.07) is 0.497. The van der Waals surface area contributed by atoms with Crippen LogP contribution >= 0.6 is 0 Å². The summed E-state index contributed by atoms with van der Waals surface area (Å²) in [4.78, 5) is 22.6. The first-order chi connectivity index (χ1) is 19.6. The first kappa shape index (κ1) is 42.2. The summed E-state index contributed by atoms with van der Waals surface area (Å²) in [5.41, 5.74) is 0. The molecule has 0 aromatic heterocycles. The maximum atomic E-state index is 11.4. The Kier molecular flexibility index (Phi) is 32.9. The van der Waals surface area contributed by atoms with E-state index >= 15 is 0 Å². The highest BCUT2D eigenvalue weighted by atomic mass is 16.6. The Morgan fingerprint density at radius 1 is 0.561 bits per heavy atom. The molecule has 0 radical (unpaired) electrons. The van der Waals surface area contributed by atoms with Crippen molar-refractivity contribution in [2.24, 2.45) is 17.8 Å². The molecule has 0 aromatic carbocycles. The number of nitrogens with one attached hydrogen (secondary N) is 1. The molecule has 0 aliphatic heterocycles. The quantitative estimate of drug-likeness (QED) is 0.115. The minimum Gasteiger partial charge on any atom is -0.379 e. The molecule has 0 aliphatic carbocycles. The van der Waals surface area contributed by atoms with E-state index in [1.807, 2.05) is 27.7 Å². The molecule has 0 aliphatic rings. The molecule has 0 amide bonds. The molecule has 0 rings (SSSR count). The van der Waals surface area contributed by atoms with Crippen LogP contribution in [-0.4, -0.2) is 103 Å². The van der Waals surface area contributed by atoms with Crippen LogP contribution in [-0.2, 0) is 38.0 Å². The monoisotopic (exact) mass is 593 g/mol. The number of carbonyl (C=O) groups is 2. The van der Waals surface area contributed by atoms with Gasteiger partial charge in [0.25, 0.3) is 0 Å². The van der Waals surface area contributed by atoms with E-state index in [0.717, 1.165) is 25.5 Å². The zero-order chi connectivity index (χ0) is 31.1. The Bertz CT molecular complexity index is 579. The van der Waals surface area contributed by atoms with Gasteiger partial charge in [0, 0.05) is 45.3 Å². The second kappa shape index (κ2) is 32.0. The number of rotatable bonds is 29. The van der Waals surface area contributed by atoms with E-state index in [1.165, 1.54) is 12.8 Å². The number of carbonyl (C=O) groups excluding carboxylic acids is 2. The predicted molar refractivity (Wildman–Crippen MR) is 168 cm³/mol. The lowest BCUT2D eigenvalue weighted by atomic mass is 10.0. The fraction of sp³-hybridized carbons (Fsp3) is 0.938. The second-order valence-electron chi connectivity index (χ2n) is 11.2. The number of hydrogen-bond acceptors (Lipinski definition) is 9. The second-order valence-corrected chi connectivity index (χ2v) is 11.2. The van der Waals surface area contributed by atoms with E-state index in [-0.39, 0.29) is 24.8 Å². The van der Waals surface area contributed by atoms with Crippen LogP contribution in [0.2, 0.25) is 0 Å². The maximum absolute atomic E-state index is 11.4. The van der Waals surface area contributed by atoms with Crippen molar-refractivity contribution in [2.75, 3.05) is 85.8 Å². The average molecular weight is 594 g/mol.